The second kappa shape index (κ2) is 4.34. The molecule has 0 aliphatic heterocycles. The first-order valence-electron chi connectivity index (χ1n) is 4.98. The molecule has 8 heteroatoms. The maximum absolute atomic E-state index is 11.1. The lowest BCUT2D eigenvalue weighted by Crippen LogP contribution is -2.13. The van der Waals surface area contributed by atoms with E-state index < -0.39 is 5.97 Å². The highest BCUT2D eigenvalue weighted by Crippen LogP contribution is 2.21. The Bertz CT molecular complexity index is 543. The third-order valence-electron chi connectivity index (χ3n) is 2.34. The molecule has 2 aromatic rings. The van der Waals surface area contributed by atoms with Crippen molar-refractivity contribution in [3.63, 3.8) is 0 Å². The SMILES string of the molecule is Cn1cncc1-c1c(C(=O)O)nnn1CCN. The van der Waals surface area contributed by atoms with Gasteiger partial charge in [-0.05, 0) is 0 Å². The van der Waals surface area contributed by atoms with Crippen molar-refractivity contribution in [2.24, 2.45) is 12.8 Å². The molecular weight excluding hydrogens is 224 g/mol. The van der Waals surface area contributed by atoms with Crippen LogP contribution >= 0.6 is 0 Å². The molecule has 0 radical (unpaired) electrons. The van der Waals surface area contributed by atoms with E-state index in [0.29, 0.717) is 24.5 Å². The van der Waals surface area contributed by atoms with Crippen LogP contribution in [0.25, 0.3) is 11.4 Å². The van der Waals surface area contributed by atoms with Gasteiger partial charge >= 0.3 is 5.97 Å². The summed E-state index contributed by atoms with van der Waals surface area (Å²) in [5.74, 6) is -1.12. The number of nitrogens with zero attached hydrogens (tertiary/aromatic N) is 5. The molecule has 2 aromatic heterocycles. The number of carboxylic acid groups (broad SMARTS) is 1. The third kappa shape index (κ3) is 1.89. The Morgan fingerprint density at radius 2 is 2.35 bits per heavy atom. The Hall–Kier alpha value is -2.22. The summed E-state index contributed by atoms with van der Waals surface area (Å²) >= 11 is 0. The molecule has 90 valence electrons. The second-order valence-corrected chi connectivity index (χ2v) is 3.49. The highest BCUT2D eigenvalue weighted by atomic mass is 16.4. The van der Waals surface area contributed by atoms with E-state index in [4.69, 9.17) is 10.8 Å². The molecule has 0 aliphatic rings. The molecule has 0 spiro atoms. The van der Waals surface area contributed by atoms with E-state index >= 15 is 0 Å². The first-order valence-corrected chi connectivity index (χ1v) is 4.98. The summed E-state index contributed by atoms with van der Waals surface area (Å²) in [6.07, 6.45) is 3.15. The molecule has 2 heterocycles. The zero-order valence-electron chi connectivity index (χ0n) is 9.24. The molecule has 0 atom stereocenters. The minimum atomic E-state index is -1.12. The lowest BCUT2D eigenvalue weighted by atomic mass is 10.2. The number of carboxylic acids is 1. The van der Waals surface area contributed by atoms with Crippen molar-refractivity contribution in [1.29, 1.82) is 0 Å². The molecule has 0 fully saturated rings. The number of imidazole rings is 1. The zero-order valence-corrected chi connectivity index (χ0v) is 9.24. The van der Waals surface area contributed by atoms with Crippen LogP contribution in [0.3, 0.4) is 0 Å². The van der Waals surface area contributed by atoms with Crippen molar-refractivity contribution < 1.29 is 9.90 Å². The standard InChI is InChI=1S/C9H12N6O2/c1-14-5-11-4-6(14)8-7(9(16)17)12-13-15(8)3-2-10/h4-5H,2-3,10H2,1H3,(H,16,17). The summed E-state index contributed by atoms with van der Waals surface area (Å²) < 4.78 is 3.18. The number of aromatic carboxylic acids is 1. The van der Waals surface area contributed by atoms with Crippen molar-refractivity contribution in [3.8, 4) is 11.4 Å². The van der Waals surface area contributed by atoms with Crippen LogP contribution in [0.2, 0.25) is 0 Å². The number of aryl methyl sites for hydroxylation is 1. The highest BCUT2D eigenvalue weighted by molar-refractivity contribution is 5.92. The van der Waals surface area contributed by atoms with Gasteiger partial charge in [-0.2, -0.15) is 0 Å². The molecular formula is C9H12N6O2. The zero-order chi connectivity index (χ0) is 12.4. The van der Waals surface area contributed by atoms with Crippen molar-refractivity contribution in [1.82, 2.24) is 24.5 Å². The molecule has 0 saturated carbocycles. The predicted molar refractivity (Wildman–Crippen MR) is 58.2 cm³/mol. The van der Waals surface area contributed by atoms with Crippen molar-refractivity contribution in [3.05, 3.63) is 18.2 Å². The van der Waals surface area contributed by atoms with Gasteiger partial charge in [-0.25, -0.2) is 14.5 Å². The molecule has 0 aliphatic carbocycles. The Morgan fingerprint density at radius 1 is 1.59 bits per heavy atom. The largest absolute Gasteiger partial charge is 0.476 e. The average Bonchev–Trinajstić information content (AvgIpc) is 2.84. The van der Waals surface area contributed by atoms with Gasteiger partial charge in [0, 0.05) is 13.6 Å². The van der Waals surface area contributed by atoms with Crippen LogP contribution in [0.15, 0.2) is 12.5 Å². The lowest BCUT2D eigenvalue weighted by Gasteiger charge is -2.05. The smallest absolute Gasteiger partial charge is 0.358 e. The molecule has 2 rings (SSSR count). The fourth-order valence-electron chi connectivity index (χ4n) is 1.57. The Morgan fingerprint density at radius 3 is 2.88 bits per heavy atom. The number of aromatic nitrogens is 5. The van der Waals surface area contributed by atoms with Crippen LogP contribution in [0.5, 0.6) is 0 Å². The van der Waals surface area contributed by atoms with Crippen LogP contribution in [-0.4, -0.2) is 42.2 Å². The normalized spacial score (nSPS) is 10.7. The Balaban J connectivity index is 2.60. The second-order valence-electron chi connectivity index (χ2n) is 3.49. The van der Waals surface area contributed by atoms with Gasteiger partial charge in [-0.3, -0.25) is 0 Å². The van der Waals surface area contributed by atoms with Crippen LogP contribution in [0.1, 0.15) is 10.5 Å². The van der Waals surface area contributed by atoms with Gasteiger partial charge < -0.3 is 15.4 Å². The molecule has 0 bridgehead atoms. The minimum absolute atomic E-state index is 0.0953. The van der Waals surface area contributed by atoms with Gasteiger partial charge in [-0.1, -0.05) is 5.21 Å². The summed E-state index contributed by atoms with van der Waals surface area (Å²) in [4.78, 5) is 15.0. The quantitative estimate of drug-likeness (QED) is 0.728. The van der Waals surface area contributed by atoms with Gasteiger partial charge in [0.05, 0.1) is 24.8 Å². The van der Waals surface area contributed by atoms with E-state index in [2.05, 4.69) is 15.3 Å². The molecule has 17 heavy (non-hydrogen) atoms. The van der Waals surface area contributed by atoms with E-state index in [0.717, 1.165) is 0 Å². The number of carbonyl (C=O) groups is 1. The first-order chi connectivity index (χ1) is 8.15. The molecule has 8 nitrogen and oxygen atoms in total. The van der Waals surface area contributed by atoms with Crippen molar-refractivity contribution in [2.75, 3.05) is 6.54 Å². The molecule has 0 amide bonds. The fourth-order valence-corrected chi connectivity index (χ4v) is 1.57. The Kier molecular flexibility index (Phi) is 2.88. The average molecular weight is 236 g/mol. The van der Waals surface area contributed by atoms with E-state index in [1.54, 1.807) is 24.1 Å². The topological polar surface area (TPSA) is 112 Å². The van der Waals surface area contributed by atoms with Crippen molar-refractivity contribution >= 4 is 5.97 Å². The monoisotopic (exact) mass is 236 g/mol. The van der Waals surface area contributed by atoms with E-state index in [1.165, 1.54) is 4.68 Å². The maximum Gasteiger partial charge on any atom is 0.358 e. The summed E-state index contributed by atoms with van der Waals surface area (Å²) in [5, 5.41) is 16.5. The highest BCUT2D eigenvalue weighted by Gasteiger charge is 2.22. The van der Waals surface area contributed by atoms with Crippen LogP contribution in [0, 0.1) is 0 Å². The number of hydrogen-bond acceptors (Lipinski definition) is 5. The fraction of sp³-hybridized carbons (Fsp3) is 0.333. The summed E-state index contributed by atoms with van der Waals surface area (Å²) in [6, 6.07) is 0. The lowest BCUT2D eigenvalue weighted by molar-refractivity contribution is 0.0691. The van der Waals surface area contributed by atoms with E-state index in [9.17, 15) is 4.79 Å². The van der Waals surface area contributed by atoms with Crippen LogP contribution in [-0.2, 0) is 13.6 Å². The summed E-state index contributed by atoms with van der Waals surface area (Å²) in [6.45, 7) is 0.758. The van der Waals surface area contributed by atoms with Gasteiger partial charge in [-0.15, -0.1) is 5.10 Å². The number of nitrogens with two attached hydrogens (primary N) is 1. The summed E-state index contributed by atoms with van der Waals surface area (Å²) in [5.41, 5.74) is 6.41. The van der Waals surface area contributed by atoms with Crippen molar-refractivity contribution in [2.45, 2.75) is 6.54 Å². The van der Waals surface area contributed by atoms with Gasteiger partial charge in [0.1, 0.15) is 5.69 Å². The summed E-state index contributed by atoms with van der Waals surface area (Å²) in [7, 11) is 1.77. The van der Waals surface area contributed by atoms with Crippen LogP contribution < -0.4 is 5.73 Å². The third-order valence-corrected chi connectivity index (χ3v) is 2.34. The van der Waals surface area contributed by atoms with E-state index in [1.807, 2.05) is 0 Å². The van der Waals surface area contributed by atoms with Gasteiger partial charge in [0.2, 0.25) is 0 Å². The molecule has 0 saturated heterocycles. The molecule has 0 unspecified atom stereocenters. The van der Waals surface area contributed by atoms with E-state index in [-0.39, 0.29) is 5.69 Å². The first kappa shape index (κ1) is 11.3. The molecule has 0 aromatic carbocycles. The molecule has 3 N–H and O–H groups in total. The van der Waals surface area contributed by atoms with Crippen LogP contribution in [0.4, 0.5) is 0 Å². The maximum atomic E-state index is 11.1. The predicted octanol–water partition coefficient (Wildman–Crippen LogP) is -0.664. The number of hydrogen-bond donors (Lipinski definition) is 2. The van der Waals surface area contributed by atoms with Gasteiger partial charge in [0.15, 0.2) is 5.69 Å². The van der Waals surface area contributed by atoms with Gasteiger partial charge in [0.25, 0.3) is 0 Å². The Labute approximate surface area is 96.7 Å². The minimum Gasteiger partial charge on any atom is -0.476 e. The number of rotatable bonds is 4.